The molecule has 31 heavy (non-hydrogen) atoms. The number of methoxy groups -OCH3 is 1. The van der Waals surface area contributed by atoms with E-state index in [9.17, 15) is 4.79 Å². The minimum atomic E-state index is -0.00638. The zero-order valence-corrected chi connectivity index (χ0v) is 20.9. The molecular formula is C25H24BrClO3S. The molecule has 0 aliphatic carbocycles. The Hall–Kier alpha value is -2.08. The monoisotopic (exact) mass is 518 g/mol. The summed E-state index contributed by atoms with van der Waals surface area (Å²) in [5.41, 5.74) is 2.84. The van der Waals surface area contributed by atoms with Gasteiger partial charge in [0.15, 0.2) is 5.78 Å². The molecule has 0 unspecified atom stereocenters. The van der Waals surface area contributed by atoms with Gasteiger partial charge in [-0.2, -0.15) is 0 Å². The number of allylic oxidation sites excluding steroid dienone is 1. The lowest BCUT2D eigenvalue weighted by molar-refractivity contribution is 0.105. The van der Waals surface area contributed by atoms with Gasteiger partial charge in [-0.1, -0.05) is 43.2 Å². The lowest BCUT2D eigenvalue weighted by Crippen LogP contribution is -2.00. The van der Waals surface area contributed by atoms with Crippen molar-refractivity contribution in [1.29, 1.82) is 0 Å². The molecule has 0 saturated heterocycles. The number of ether oxygens (including phenoxy) is 2. The summed E-state index contributed by atoms with van der Waals surface area (Å²) in [6, 6.07) is 13.3. The van der Waals surface area contributed by atoms with E-state index in [4.69, 9.17) is 21.1 Å². The van der Waals surface area contributed by atoms with Crippen molar-refractivity contribution in [3.8, 4) is 11.5 Å². The van der Waals surface area contributed by atoms with Crippen LogP contribution in [0.25, 0.3) is 6.08 Å². The molecule has 3 nitrogen and oxygen atoms in total. The van der Waals surface area contributed by atoms with Crippen molar-refractivity contribution in [1.82, 2.24) is 0 Å². The van der Waals surface area contributed by atoms with Crippen molar-refractivity contribution < 1.29 is 14.3 Å². The van der Waals surface area contributed by atoms with Gasteiger partial charge in [0.05, 0.1) is 17.0 Å². The highest BCUT2D eigenvalue weighted by Crippen LogP contribution is 2.30. The van der Waals surface area contributed by atoms with Crippen LogP contribution >= 0.6 is 38.9 Å². The van der Waals surface area contributed by atoms with Crippen molar-refractivity contribution in [2.75, 3.05) is 7.11 Å². The van der Waals surface area contributed by atoms with Gasteiger partial charge < -0.3 is 9.47 Å². The van der Waals surface area contributed by atoms with Gasteiger partial charge in [0.25, 0.3) is 0 Å². The van der Waals surface area contributed by atoms with E-state index >= 15 is 0 Å². The molecule has 0 N–H and O–H groups in total. The Morgan fingerprint density at radius 2 is 1.94 bits per heavy atom. The van der Waals surface area contributed by atoms with Crippen molar-refractivity contribution in [3.63, 3.8) is 0 Å². The van der Waals surface area contributed by atoms with E-state index in [1.54, 1.807) is 24.5 Å². The second-order valence-electron chi connectivity index (χ2n) is 7.12. The van der Waals surface area contributed by atoms with Crippen molar-refractivity contribution in [2.45, 2.75) is 33.3 Å². The maximum Gasteiger partial charge on any atom is 0.195 e. The predicted octanol–water partition coefficient (Wildman–Crippen LogP) is 7.91. The fourth-order valence-corrected chi connectivity index (χ4v) is 5.26. The fraction of sp³-hybridized carbons (Fsp3) is 0.240. The molecule has 0 radical (unpaired) electrons. The number of carbonyl (C=O) groups excluding carboxylic acids is 1. The van der Waals surface area contributed by atoms with Gasteiger partial charge in [-0.05, 0) is 76.8 Å². The Morgan fingerprint density at radius 1 is 1.16 bits per heavy atom. The van der Waals surface area contributed by atoms with E-state index in [2.05, 4.69) is 22.9 Å². The summed E-state index contributed by atoms with van der Waals surface area (Å²) in [5.74, 6) is 1.34. The second kappa shape index (κ2) is 11.0. The highest BCUT2D eigenvalue weighted by molar-refractivity contribution is 9.10. The topological polar surface area (TPSA) is 35.5 Å². The second-order valence-corrected chi connectivity index (χ2v) is 9.52. The molecular weight excluding hydrogens is 496 g/mol. The number of ketones is 1. The van der Waals surface area contributed by atoms with Crippen LogP contribution in [0.4, 0.5) is 0 Å². The third-order valence-corrected chi connectivity index (χ3v) is 7.15. The molecule has 0 bridgehead atoms. The SMILES string of the molecule is CCCc1sc(C(=O)/C=C/c2ccc(OC)c(COc3ccc(C)cc3Cl)c2)cc1Br. The Labute approximate surface area is 200 Å². The van der Waals surface area contributed by atoms with Gasteiger partial charge in [-0.15, -0.1) is 11.3 Å². The summed E-state index contributed by atoms with van der Waals surface area (Å²) in [6.07, 6.45) is 5.44. The van der Waals surface area contributed by atoms with Crippen molar-refractivity contribution in [3.05, 3.63) is 84.5 Å². The highest BCUT2D eigenvalue weighted by atomic mass is 79.9. The largest absolute Gasteiger partial charge is 0.496 e. The summed E-state index contributed by atoms with van der Waals surface area (Å²) < 4.78 is 12.4. The average molecular weight is 520 g/mol. The molecule has 0 amide bonds. The molecule has 0 spiro atoms. The number of aryl methyl sites for hydroxylation is 2. The summed E-state index contributed by atoms with van der Waals surface area (Å²) in [7, 11) is 1.62. The third kappa shape index (κ3) is 6.22. The molecule has 2 aromatic carbocycles. The van der Waals surface area contributed by atoms with Gasteiger partial charge in [0.2, 0.25) is 0 Å². The van der Waals surface area contributed by atoms with Gasteiger partial charge in [-0.25, -0.2) is 0 Å². The summed E-state index contributed by atoms with van der Waals surface area (Å²) >= 11 is 11.4. The lowest BCUT2D eigenvalue weighted by atomic mass is 10.1. The minimum Gasteiger partial charge on any atom is -0.496 e. The van der Waals surface area contributed by atoms with Crippen LogP contribution in [0.15, 0.2) is 53.0 Å². The number of hydrogen-bond acceptors (Lipinski definition) is 4. The van der Waals surface area contributed by atoms with Crippen LogP contribution in [0.3, 0.4) is 0 Å². The van der Waals surface area contributed by atoms with Crippen molar-refractivity contribution in [2.24, 2.45) is 0 Å². The van der Waals surface area contributed by atoms with E-state index in [1.165, 1.54) is 4.88 Å². The van der Waals surface area contributed by atoms with E-state index in [1.807, 2.05) is 55.5 Å². The maximum absolute atomic E-state index is 12.6. The number of halogens is 2. The fourth-order valence-electron chi connectivity index (χ4n) is 3.07. The Balaban J connectivity index is 1.74. The average Bonchev–Trinajstić information content (AvgIpc) is 3.12. The van der Waals surface area contributed by atoms with Crippen LogP contribution in [0, 0.1) is 6.92 Å². The summed E-state index contributed by atoms with van der Waals surface area (Å²) in [6.45, 7) is 4.42. The predicted molar refractivity (Wildman–Crippen MR) is 133 cm³/mol. The smallest absolute Gasteiger partial charge is 0.195 e. The first-order chi connectivity index (χ1) is 14.9. The number of thiophene rings is 1. The maximum atomic E-state index is 12.6. The molecule has 3 aromatic rings. The zero-order chi connectivity index (χ0) is 22.4. The molecule has 0 fully saturated rings. The number of rotatable bonds is 9. The first-order valence-corrected chi connectivity index (χ1v) is 12.0. The number of hydrogen-bond donors (Lipinski definition) is 0. The third-order valence-electron chi connectivity index (χ3n) is 4.68. The lowest BCUT2D eigenvalue weighted by Gasteiger charge is -2.12. The van der Waals surface area contributed by atoms with E-state index < -0.39 is 0 Å². The van der Waals surface area contributed by atoms with Gasteiger partial charge in [0.1, 0.15) is 18.1 Å². The molecule has 0 aliphatic rings. The van der Waals surface area contributed by atoms with Crippen LogP contribution in [0.5, 0.6) is 11.5 Å². The van der Waals surface area contributed by atoms with Crippen LogP contribution < -0.4 is 9.47 Å². The van der Waals surface area contributed by atoms with E-state index in [0.29, 0.717) is 17.4 Å². The molecule has 0 saturated carbocycles. The van der Waals surface area contributed by atoms with Crippen LogP contribution in [-0.2, 0) is 13.0 Å². The Bertz CT molecular complexity index is 1100. The van der Waals surface area contributed by atoms with Gasteiger partial charge in [-0.3, -0.25) is 4.79 Å². The minimum absolute atomic E-state index is 0.00638. The van der Waals surface area contributed by atoms with Crippen LogP contribution in [0.2, 0.25) is 5.02 Å². The normalized spacial score (nSPS) is 11.1. The number of benzene rings is 2. The molecule has 0 aliphatic heterocycles. The zero-order valence-electron chi connectivity index (χ0n) is 17.7. The van der Waals surface area contributed by atoms with Gasteiger partial charge >= 0.3 is 0 Å². The van der Waals surface area contributed by atoms with E-state index in [-0.39, 0.29) is 5.78 Å². The molecule has 162 valence electrons. The molecule has 3 rings (SSSR count). The molecule has 0 atom stereocenters. The standard InChI is InChI=1S/C25H24BrClO3S/c1-4-5-24-19(26)14-25(31-24)21(28)9-7-17-8-11-22(29-3)18(13-17)15-30-23-10-6-16(2)12-20(23)27/h6-14H,4-5,15H2,1-3H3/b9-7+. The highest BCUT2D eigenvalue weighted by Gasteiger charge is 2.11. The number of carbonyl (C=O) groups is 1. The Kier molecular flexibility index (Phi) is 8.35. The summed E-state index contributed by atoms with van der Waals surface area (Å²) in [5, 5.41) is 0.574. The van der Waals surface area contributed by atoms with Crippen molar-refractivity contribution >= 4 is 50.7 Å². The van der Waals surface area contributed by atoms with Crippen LogP contribution in [-0.4, -0.2) is 12.9 Å². The summed E-state index contributed by atoms with van der Waals surface area (Å²) in [4.78, 5) is 14.6. The van der Waals surface area contributed by atoms with Gasteiger partial charge in [0, 0.05) is 14.9 Å². The Morgan fingerprint density at radius 3 is 2.65 bits per heavy atom. The molecule has 1 heterocycles. The quantitative estimate of drug-likeness (QED) is 0.213. The van der Waals surface area contributed by atoms with E-state index in [0.717, 1.165) is 44.6 Å². The molecule has 1 aromatic heterocycles. The first-order valence-electron chi connectivity index (χ1n) is 9.97. The first kappa shape index (κ1) is 23.6. The van der Waals surface area contributed by atoms with Crippen LogP contribution in [0.1, 0.15) is 44.6 Å². The molecule has 6 heteroatoms.